The molecule has 0 bridgehead atoms. The van der Waals surface area contributed by atoms with Crippen LogP contribution >= 0.6 is 0 Å². The minimum Gasteiger partial charge on any atom is -0.382 e. The van der Waals surface area contributed by atoms with Crippen molar-refractivity contribution in [3.8, 4) is 0 Å². The Morgan fingerprint density at radius 3 is 2.11 bits per heavy atom. The van der Waals surface area contributed by atoms with E-state index in [1.54, 1.807) is 7.11 Å². The Bertz CT molecular complexity index is 165. The second kappa shape index (κ2) is 13.3. The third kappa shape index (κ3) is 11.0. The lowest BCUT2D eigenvalue weighted by molar-refractivity contribution is 0.0206. The molecule has 1 N–H and O–H groups in total. The summed E-state index contributed by atoms with van der Waals surface area (Å²) in [4.78, 5) is 0. The largest absolute Gasteiger partial charge is 0.382 e. The first kappa shape index (κ1) is 17.8. The van der Waals surface area contributed by atoms with Gasteiger partial charge in [0.2, 0.25) is 0 Å². The van der Waals surface area contributed by atoms with Crippen LogP contribution in [0.25, 0.3) is 0 Å². The third-order valence-corrected chi connectivity index (χ3v) is 3.04. The predicted octanol–water partition coefficient (Wildman–Crippen LogP) is 1.94. The van der Waals surface area contributed by atoms with Crippen molar-refractivity contribution in [3.05, 3.63) is 0 Å². The molecule has 0 fully saturated rings. The van der Waals surface area contributed by atoms with Gasteiger partial charge in [-0.05, 0) is 31.3 Å². The first-order valence-electron chi connectivity index (χ1n) is 7.07. The Morgan fingerprint density at radius 2 is 1.56 bits per heavy atom. The number of hydrogen-bond donors (Lipinski definition) is 1. The topological polar surface area (TPSA) is 39.7 Å². The molecule has 0 radical (unpaired) electrons. The monoisotopic (exact) mass is 261 g/mol. The van der Waals surface area contributed by atoms with Gasteiger partial charge in [0.15, 0.2) is 0 Å². The number of rotatable bonds is 13. The van der Waals surface area contributed by atoms with Crippen molar-refractivity contribution >= 4 is 0 Å². The van der Waals surface area contributed by atoms with E-state index in [0.717, 1.165) is 26.1 Å². The average molecular weight is 261 g/mol. The Balaban J connectivity index is 3.37. The van der Waals surface area contributed by atoms with Crippen LogP contribution in [0.1, 0.15) is 27.2 Å². The number of hydrogen-bond acceptors (Lipinski definition) is 4. The van der Waals surface area contributed by atoms with Crippen molar-refractivity contribution in [1.29, 1.82) is 0 Å². The molecular weight excluding hydrogens is 230 g/mol. The van der Waals surface area contributed by atoms with Crippen LogP contribution in [0.2, 0.25) is 0 Å². The zero-order valence-corrected chi connectivity index (χ0v) is 12.5. The minimum atomic E-state index is 0.648. The van der Waals surface area contributed by atoms with Gasteiger partial charge >= 0.3 is 0 Å². The molecule has 0 saturated heterocycles. The Morgan fingerprint density at radius 1 is 0.944 bits per heavy atom. The molecule has 0 aromatic heterocycles. The van der Waals surface area contributed by atoms with Crippen molar-refractivity contribution < 1.29 is 14.2 Å². The summed E-state index contributed by atoms with van der Waals surface area (Å²) in [5.41, 5.74) is 0. The van der Waals surface area contributed by atoms with Crippen molar-refractivity contribution in [1.82, 2.24) is 5.32 Å². The molecule has 0 amide bonds. The fourth-order valence-electron chi connectivity index (χ4n) is 1.70. The molecule has 0 aromatic rings. The number of methoxy groups -OCH3 is 1. The van der Waals surface area contributed by atoms with E-state index in [1.165, 1.54) is 0 Å². The summed E-state index contributed by atoms with van der Waals surface area (Å²) < 4.78 is 15.8. The maximum absolute atomic E-state index is 5.58. The third-order valence-electron chi connectivity index (χ3n) is 3.04. The second-order valence-corrected chi connectivity index (χ2v) is 4.82. The number of nitrogens with one attached hydrogen (secondary N) is 1. The van der Waals surface area contributed by atoms with E-state index < -0.39 is 0 Å². The van der Waals surface area contributed by atoms with Gasteiger partial charge in [-0.25, -0.2) is 0 Å². The molecule has 4 nitrogen and oxygen atoms in total. The van der Waals surface area contributed by atoms with Gasteiger partial charge in [0.1, 0.15) is 0 Å². The molecule has 0 heterocycles. The van der Waals surface area contributed by atoms with Crippen LogP contribution in [0.15, 0.2) is 0 Å². The lowest BCUT2D eigenvalue weighted by Crippen LogP contribution is -2.27. The van der Waals surface area contributed by atoms with Gasteiger partial charge in [0.05, 0.1) is 26.4 Å². The summed E-state index contributed by atoms with van der Waals surface area (Å²) in [5.74, 6) is 1.39. The summed E-state index contributed by atoms with van der Waals surface area (Å²) in [6, 6.07) is 0. The molecule has 1 unspecified atom stereocenters. The zero-order valence-electron chi connectivity index (χ0n) is 12.5. The molecule has 0 spiro atoms. The highest BCUT2D eigenvalue weighted by atomic mass is 16.5. The summed E-state index contributed by atoms with van der Waals surface area (Å²) in [6.07, 6.45) is 1.11. The van der Waals surface area contributed by atoms with Crippen LogP contribution in [0.5, 0.6) is 0 Å². The molecule has 0 aliphatic carbocycles. The summed E-state index contributed by atoms with van der Waals surface area (Å²) in [7, 11) is 1.68. The highest BCUT2D eigenvalue weighted by Crippen LogP contribution is 2.14. The lowest BCUT2D eigenvalue weighted by Gasteiger charge is -2.21. The lowest BCUT2D eigenvalue weighted by atomic mass is 9.93. The van der Waals surface area contributed by atoms with E-state index >= 15 is 0 Å². The molecule has 4 heteroatoms. The quantitative estimate of drug-likeness (QED) is 0.514. The SMILES string of the molecule is CCNCC(CCOCCOCCOC)C(C)C. The number of ether oxygens (including phenoxy) is 3. The first-order chi connectivity index (χ1) is 8.72. The Kier molecular flexibility index (Phi) is 13.2. The minimum absolute atomic E-state index is 0.648. The van der Waals surface area contributed by atoms with Gasteiger partial charge in [0.25, 0.3) is 0 Å². The molecule has 18 heavy (non-hydrogen) atoms. The molecule has 110 valence electrons. The zero-order chi connectivity index (χ0) is 13.6. The fraction of sp³-hybridized carbons (Fsp3) is 1.00. The van der Waals surface area contributed by atoms with E-state index in [9.17, 15) is 0 Å². The summed E-state index contributed by atoms with van der Waals surface area (Å²) in [6.45, 7) is 12.3. The molecule has 0 rings (SSSR count). The van der Waals surface area contributed by atoms with Crippen LogP contribution in [0, 0.1) is 11.8 Å². The first-order valence-corrected chi connectivity index (χ1v) is 7.07. The highest BCUT2D eigenvalue weighted by Gasteiger charge is 2.12. The summed E-state index contributed by atoms with van der Waals surface area (Å²) in [5, 5.41) is 3.41. The van der Waals surface area contributed by atoms with Gasteiger partial charge < -0.3 is 19.5 Å². The summed E-state index contributed by atoms with van der Waals surface area (Å²) >= 11 is 0. The molecule has 0 saturated carbocycles. The second-order valence-electron chi connectivity index (χ2n) is 4.82. The predicted molar refractivity (Wildman–Crippen MR) is 75.0 cm³/mol. The fourth-order valence-corrected chi connectivity index (χ4v) is 1.70. The molecule has 0 aliphatic heterocycles. The average Bonchev–Trinajstić information content (AvgIpc) is 2.35. The van der Waals surface area contributed by atoms with Gasteiger partial charge in [-0.15, -0.1) is 0 Å². The molecular formula is C14H31NO3. The van der Waals surface area contributed by atoms with Crippen LogP contribution in [-0.4, -0.2) is 53.2 Å². The van der Waals surface area contributed by atoms with E-state index in [0.29, 0.717) is 38.3 Å². The maximum Gasteiger partial charge on any atom is 0.0701 e. The molecule has 0 aliphatic rings. The van der Waals surface area contributed by atoms with Crippen LogP contribution in [0.3, 0.4) is 0 Å². The molecule has 0 aromatic carbocycles. The normalized spacial score (nSPS) is 13.2. The van der Waals surface area contributed by atoms with Crippen LogP contribution < -0.4 is 5.32 Å². The smallest absolute Gasteiger partial charge is 0.0701 e. The Hall–Kier alpha value is -0.160. The Labute approximate surface area is 112 Å². The standard InChI is InChI=1S/C14H31NO3/c1-5-15-12-14(13(2)3)6-7-17-10-11-18-9-8-16-4/h13-15H,5-12H2,1-4H3. The van der Waals surface area contributed by atoms with E-state index in [4.69, 9.17) is 14.2 Å². The van der Waals surface area contributed by atoms with Crippen molar-refractivity contribution in [2.75, 3.05) is 53.2 Å². The van der Waals surface area contributed by atoms with Gasteiger partial charge in [-0.2, -0.15) is 0 Å². The van der Waals surface area contributed by atoms with E-state index in [2.05, 4.69) is 26.1 Å². The maximum atomic E-state index is 5.58. The van der Waals surface area contributed by atoms with Crippen molar-refractivity contribution in [3.63, 3.8) is 0 Å². The van der Waals surface area contributed by atoms with E-state index in [1.807, 2.05) is 0 Å². The van der Waals surface area contributed by atoms with Crippen LogP contribution in [-0.2, 0) is 14.2 Å². The van der Waals surface area contributed by atoms with Gasteiger partial charge in [-0.3, -0.25) is 0 Å². The van der Waals surface area contributed by atoms with Gasteiger partial charge in [0, 0.05) is 13.7 Å². The van der Waals surface area contributed by atoms with Gasteiger partial charge in [-0.1, -0.05) is 20.8 Å². The van der Waals surface area contributed by atoms with Crippen molar-refractivity contribution in [2.45, 2.75) is 27.2 Å². The van der Waals surface area contributed by atoms with Crippen LogP contribution in [0.4, 0.5) is 0 Å². The molecule has 1 atom stereocenters. The highest BCUT2D eigenvalue weighted by molar-refractivity contribution is 4.65. The van der Waals surface area contributed by atoms with Crippen molar-refractivity contribution in [2.24, 2.45) is 11.8 Å². The van der Waals surface area contributed by atoms with E-state index in [-0.39, 0.29) is 0 Å².